The molecular formula is C14H15BrClN5. The van der Waals surface area contributed by atoms with E-state index in [2.05, 4.69) is 32.9 Å². The summed E-state index contributed by atoms with van der Waals surface area (Å²) >= 11 is 9.79. The zero-order valence-corrected chi connectivity index (χ0v) is 14.1. The minimum atomic E-state index is 0.412. The summed E-state index contributed by atoms with van der Waals surface area (Å²) < 4.78 is 4.58. The first-order valence-corrected chi connectivity index (χ1v) is 7.85. The summed E-state index contributed by atoms with van der Waals surface area (Å²) in [6.07, 6.45) is 1.89. The van der Waals surface area contributed by atoms with E-state index < -0.39 is 0 Å². The van der Waals surface area contributed by atoms with Gasteiger partial charge in [0.1, 0.15) is 5.52 Å². The highest BCUT2D eigenvalue weighted by Gasteiger charge is 2.20. The van der Waals surface area contributed by atoms with Gasteiger partial charge in [-0.3, -0.25) is 4.57 Å². The van der Waals surface area contributed by atoms with Crippen LogP contribution in [0.5, 0.6) is 0 Å². The van der Waals surface area contributed by atoms with Crippen LogP contribution in [0, 0.1) is 0 Å². The van der Waals surface area contributed by atoms with Gasteiger partial charge in [-0.2, -0.15) is 5.10 Å². The Bertz CT molecular complexity index is 820. The Labute approximate surface area is 135 Å². The molecule has 5 nitrogen and oxygen atoms in total. The fourth-order valence-electron chi connectivity index (χ4n) is 2.50. The van der Waals surface area contributed by atoms with Crippen molar-refractivity contribution in [3.63, 3.8) is 0 Å². The largest absolute Gasteiger partial charge is 0.369 e. The van der Waals surface area contributed by atoms with E-state index in [1.807, 2.05) is 29.8 Å². The molecule has 3 aromatic rings. The van der Waals surface area contributed by atoms with Gasteiger partial charge in [0.15, 0.2) is 5.65 Å². The monoisotopic (exact) mass is 367 g/mol. The third-order valence-corrected chi connectivity index (χ3v) is 4.18. The minimum absolute atomic E-state index is 0.412. The van der Waals surface area contributed by atoms with Gasteiger partial charge in [-0.1, -0.05) is 40.9 Å². The lowest BCUT2D eigenvalue weighted by molar-refractivity contribution is 0.738. The molecule has 0 saturated carbocycles. The van der Waals surface area contributed by atoms with E-state index in [1.165, 1.54) is 0 Å². The molecule has 2 heterocycles. The number of nitrogens with zero attached hydrogens (tertiary/aromatic N) is 4. The Balaban J connectivity index is 2.32. The molecule has 0 unspecified atom stereocenters. The molecule has 0 spiro atoms. The van der Waals surface area contributed by atoms with Crippen LogP contribution < -0.4 is 5.73 Å². The highest BCUT2D eigenvalue weighted by molar-refractivity contribution is 9.10. The van der Waals surface area contributed by atoms with Crippen molar-refractivity contribution in [3.8, 4) is 5.69 Å². The van der Waals surface area contributed by atoms with E-state index in [0.29, 0.717) is 11.0 Å². The van der Waals surface area contributed by atoms with E-state index >= 15 is 0 Å². The Kier molecular flexibility index (Phi) is 3.67. The van der Waals surface area contributed by atoms with Crippen LogP contribution in [0.1, 0.15) is 19.0 Å². The smallest absolute Gasteiger partial charge is 0.207 e. The Hall–Kier alpha value is -1.53. The van der Waals surface area contributed by atoms with E-state index in [4.69, 9.17) is 17.3 Å². The summed E-state index contributed by atoms with van der Waals surface area (Å²) in [6, 6.07) is 5.64. The topological polar surface area (TPSA) is 61.7 Å². The summed E-state index contributed by atoms with van der Waals surface area (Å²) in [6.45, 7) is 2.12. The molecular weight excluding hydrogens is 354 g/mol. The average molecular weight is 369 g/mol. The fourth-order valence-corrected chi connectivity index (χ4v) is 3.05. The van der Waals surface area contributed by atoms with Gasteiger partial charge in [-0.05, 0) is 24.6 Å². The lowest BCUT2D eigenvalue weighted by atomic mass is 10.2. The van der Waals surface area contributed by atoms with Gasteiger partial charge in [0.2, 0.25) is 5.95 Å². The van der Waals surface area contributed by atoms with Crippen LogP contribution in [0.25, 0.3) is 16.9 Å². The molecule has 21 heavy (non-hydrogen) atoms. The Morgan fingerprint density at radius 1 is 1.38 bits per heavy atom. The first kappa shape index (κ1) is 14.4. The van der Waals surface area contributed by atoms with Crippen molar-refractivity contribution in [2.75, 3.05) is 5.73 Å². The number of hydrogen-bond donors (Lipinski definition) is 1. The quantitative estimate of drug-likeness (QED) is 0.766. The normalized spacial score (nSPS) is 11.4. The van der Waals surface area contributed by atoms with E-state index in [1.54, 1.807) is 4.68 Å². The standard InChI is InChI=1S/C14H15BrClN5/c1-3-4-10-12-13(20(2)19-10)21(14(17)18-12)11-7-8(15)5-6-9(11)16/h5-7H,3-4H2,1-2H3,(H2,17,18). The third-order valence-electron chi connectivity index (χ3n) is 3.37. The first-order chi connectivity index (χ1) is 10.0. The Morgan fingerprint density at radius 2 is 2.14 bits per heavy atom. The maximum absolute atomic E-state index is 6.33. The molecule has 7 heteroatoms. The molecule has 0 radical (unpaired) electrons. The molecule has 0 amide bonds. The number of imidazole rings is 1. The minimum Gasteiger partial charge on any atom is -0.369 e. The van der Waals surface area contributed by atoms with Crippen LogP contribution in [-0.4, -0.2) is 19.3 Å². The van der Waals surface area contributed by atoms with Crippen molar-refractivity contribution in [1.29, 1.82) is 0 Å². The maximum atomic E-state index is 6.33. The van der Waals surface area contributed by atoms with E-state index in [9.17, 15) is 0 Å². The van der Waals surface area contributed by atoms with Gasteiger partial charge in [0.25, 0.3) is 0 Å². The zero-order valence-electron chi connectivity index (χ0n) is 11.8. The summed E-state index contributed by atoms with van der Waals surface area (Å²) in [5.41, 5.74) is 9.57. The van der Waals surface area contributed by atoms with Gasteiger partial charge in [0.05, 0.1) is 16.4 Å². The number of anilines is 1. The van der Waals surface area contributed by atoms with E-state index in [0.717, 1.165) is 39.9 Å². The second-order valence-corrected chi connectivity index (χ2v) is 6.22. The molecule has 0 aliphatic rings. The number of nitrogen functional groups attached to an aromatic ring is 1. The predicted molar refractivity (Wildman–Crippen MR) is 89.0 cm³/mol. The van der Waals surface area contributed by atoms with Gasteiger partial charge in [0, 0.05) is 11.5 Å². The number of nitrogens with two attached hydrogens (primary N) is 1. The van der Waals surface area contributed by atoms with Crippen LogP contribution >= 0.6 is 27.5 Å². The van der Waals surface area contributed by atoms with Gasteiger partial charge in [-0.15, -0.1) is 0 Å². The highest BCUT2D eigenvalue weighted by atomic mass is 79.9. The molecule has 0 aliphatic heterocycles. The average Bonchev–Trinajstić information content (AvgIpc) is 2.91. The molecule has 0 fully saturated rings. The van der Waals surface area contributed by atoms with Crippen molar-refractivity contribution in [2.45, 2.75) is 19.8 Å². The third kappa shape index (κ3) is 2.32. The summed E-state index contributed by atoms with van der Waals surface area (Å²) in [5, 5.41) is 5.16. The van der Waals surface area contributed by atoms with Crippen LogP contribution in [-0.2, 0) is 13.5 Å². The molecule has 110 valence electrons. The van der Waals surface area contributed by atoms with Crippen molar-refractivity contribution in [3.05, 3.63) is 33.4 Å². The Morgan fingerprint density at radius 3 is 2.86 bits per heavy atom. The van der Waals surface area contributed by atoms with Crippen molar-refractivity contribution in [1.82, 2.24) is 19.3 Å². The molecule has 1 aromatic carbocycles. The van der Waals surface area contributed by atoms with Gasteiger partial charge < -0.3 is 5.73 Å². The second-order valence-electron chi connectivity index (χ2n) is 4.89. The van der Waals surface area contributed by atoms with Gasteiger partial charge in [-0.25, -0.2) is 9.67 Å². The van der Waals surface area contributed by atoms with Crippen LogP contribution in [0.3, 0.4) is 0 Å². The number of aryl methyl sites for hydroxylation is 2. The van der Waals surface area contributed by atoms with Crippen LogP contribution in [0.4, 0.5) is 5.95 Å². The number of halogens is 2. The van der Waals surface area contributed by atoms with Crippen LogP contribution in [0.2, 0.25) is 5.02 Å². The predicted octanol–water partition coefficient (Wildman–Crippen LogP) is 3.71. The molecule has 2 N–H and O–H groups in total. The highest BCUT2D eigenvalue weighted by Crippen LogP contribution is 2.31. The summed E-state index contributed by atoms with van der Waals surface area (Å²) in [5.74, 6) is 0.412. The van der Waals surface area contributed by atoms with Crippen molar-refractivity contribution >= 4 is 44.6 Å². The van der Waals surface area contributed by atoms with Crippen molar-refractivity contribution < 1.29 is 0 Å². The number of hydrogen-bond acceptors (Lipinski definition) is 3. The number of aromatic nitrogens is 4. The molecule has 0 bridgehead atoms. The molecule has 0 atom stereocenters. The van der Waals surface area contributed by atoms with E-state index in [-0.39, 0.29) is 0 Å². The summed E-state index contributed by atoms with van der Waals surface area (Å²) in [4.78, 5) is 4.48. The molecule has 2 aromatic heterocycles. The first-order valence-electron chi connectivity index (χ1n) is 6.68. The van der Waals surface area contributed by atoms with Crippen LogP contribution in [0.15, 0.2) is 22.7 Å². The number of rotatable bonds is 3. The molecule has 0 saturated heterocycles. The molecule has 0 aliphatic carbocycles. The second kappa shape index (κ2) is 5.35. The van der Waals surface area contributed by atoms with Gasteiger partial charge >= 0.3 is 0 Å². The maximum Gasteiger partial charge on any atom is 0.207 e. The number of benzene rings is 1. The fraction of sp³-hybridized carbons (Fsp3) is 0.286. The lowest BCUT2D eigenvalue weighted by Gasteiger charge is -2.09. The number of fused-ring (bicyclic) bond motifs is 1. The lowest BCUT2D eigenvalue weighted by Crippen LogP contribution is -2.05. The zero-order chi connectivity index (χ0) is 15.1. The van der Waals surface area contributed by atoms with Crippen molar-refractivity contribution in [2.24, 2.45) is 7.05 Å². The SMILES string of the molecule is CCCc1nn(C)c2c1nc(N)n2-c1cc(Br)ccc1Cl. The molecule has 3 rings (SSSR count). The summed E-state index contributed by atoms with van der Waals surface area (Å²) in [7, 11) is 1.89.